The zero-order valence-corrected chi connectivity index (χ0v) is 13.7. The molecule has 21 heavy (non-hydrogen) atoms. The third-order valence-corrected chi connectivity index (χ3v) is 4.70. The van der Waals surface area contributed by atoms with Crippen molar-refractivity contribution in [1.82, 2.24) is 9.88 Å². The van der Waals surface area contributed by atoms with E-state index in [0.717, 1.165) is 19.4 Å². The Morgan fingerprint density at radius 2 is 1.95 bits per heavy atom. The van der Waals surface area contributed by atoms with Gasteiger partial charge >= 0.3 is 0 Å². The fourth-order valence-corrected chi connectivity index (χ4v) is 3.46. The zero-order chi connectivity index (χ0) is 15.1. The second-order valence-corrected chi connectivity index (χ2v) is 6.23. The first-order valence-corrected chi connectivity index (χ1v) is 8.67. The largest absolute Gasteiger partial charge is 0.313 e. The van der Waals surface area contributed by atoms with Crippen LogP contribution in [-0.2, 0) is 13.0 Å². The Hall–Kier alpha value is -1.09. The Bertz CT molecular complexity index is 492. The lowest BCUT2D eigenvalue weighted by molar-refractivity contribution is 0.459. The van der Waals surface area contributed by atoms with Crippen LogP contribution in [0, 0.1) is 0 Å². The minimum atomic E-state index is 0.180. The van der Waals surface area contributed by atoms with Gasteiger partial charge in [0, 0.05) is 24.3 Å². The van der Waals surface area contributed by atoms with Crippen LogP contribution in [0.1, 0.15) is 75.6 Å². The summed E-state index contributed by atoms with van der Waals surface area (Å²) in [6.07, 6.45) is 11.0. The number of hydrogen-bond acceptors (Lipinski definition) is 2. The molecule has 2 rings (SSSR count). The van der Waals surface area contributed by atoms with Crippen LogP contribution in [0.15, 0.2) is 16.9 Å². The number of hydrogen-bond donors (Lipinski definition) is 1. The van der Waals surface area contributed by atoms with Crippen molar-refractivity contribution in [3.05, 3.63) is 33.7 Å². The summed E-state index contributed by atoms with van der Waals surface area (Å²) >= 11 is 0. The Morgan fingerprint density at radius 1 is 1.19 bits per heavy atom. The average Bonchev–Trinajstić information content (AvgIpc) is 2.51. The Morgan fingerprint density at radius 3 is 2.71 bits per heavy atom. The summed E-state index contributed by atoms with van der Waals surface area (Å²) in [7, 11) is 2.02. The molecule has 1 N–H and O–H groups in total. The van der Waals surface area contributed by atoms with E-state index in [1.165, 1.54) is 56.2 Å². The quantitative estimate of drug-likeness (QED) is 0.739. The number of aromatic nitrogens is 1. The Balaban J connectivity index is 2.00. The predicted molar refractivity (Wildman–Crippen MR) is 88.8 cm³/mol. The highest BCUT2D eigenvalue weighted by molar-refractivity contribution is 5.27. The van der Waals surface area contributed by atoms with Gasteiger partial charge in [0.05, 0.1) is 0 Å². The summed E-state index contributed by atoms with van der Waals surface area (Å²) < 4.78 is 2.04. The highest BCUT2D eigenvalue weighted by atomic mass is 16.1. The first-order chi connectivity index (χ1) is 10.3. The number of pyridine rings is 1. The molecule has 0 saturated carbocycles. The van der Waals surface area contributed by atoms with Gasteiger partial charge < -0.3 is 9.88 Å². The van der Waals surface area contributed by atoms with E-state index in [2.05, 4.69) is 12.2 Å². The Kier molecular flexibility index (Phi) is 6.50. The molecule has 0 fully saturated rings. The normalized spacial score (nSPS) is 17.7. The maximum Gasteiger partial charge on any atom is 0.250 e. The molecule has 1 heterocycles. The maximum atomic E-state index is 12.2. The molecule has 0 spiro atoms. The summed E-state index contributed by atoms with van der Waals surface area (Å²) in [5, 5.41) is 3.38. The van der Waals surface area contributed by atoms with Crippen molar-refractivity contribution in [3.63, 3.8) is 0 Å². The molecule has 0 aliphatic heterocycles. The lowest BCUT2D eigenvalue weighted by Crippen LogP contribution is -2.30. The van der Waals surface area contributed by atoms with Gasteiger partial charge in [-0.05, 0) is 38.3 Å². The molecule has 3 nitrogen and oxygen atoms in total. The molecular weight excluding hydrogens is 260 g/mol. The van der Waals surface area contributed by atoms with Crippen LogP contribution >= 0.6 is 0 Å². The third-order valence-electron chi connectivity index (χ3n) is 4.70. The van der Waals surface area contributed by atoms with E-state index in [0.29, 0.717) is 6.04 Å². The molecule has 0 saturated heterocycles. The first kappa shape index (κ1) is 16.3. The second-order valence-electron chi connectivity index (χ2n) is 6.23. The van der Waals surface area contributed by atoms with Gasteiger partial charge in [-0.3, -0.25) is 4.79 Å². The van der Waals surface area contributed by atoms with Gasteiger partial charge in [-0.25, -0.2) is 0 Å². The van der Waals surface area contributed by atoms with Gasteiger partial charge in [-0.2, -0.15) is 0 Å². The lowest BCUT2D eigenvalue weighted by atomic mass is 9.91. The molecule has 0 aromatic carbocycles. The number of nitrogens with one attached hydrogen (secondary N) is 1. The molecule has 1 aromatic heterocycles. The standard InChI is InChI=1S/C18H30N2O/c1-3-4-5-6-7-8-14-20-17-11-9-10-16(19-2)15(17)12-13-18(20)21/h12-13,16,19H,3-11,14H2,1-2H3. The van der Waals surface area contributed by atoms with Gasteiger partial charge in [0.2, 0.25) is 0 Å². The van der Waals surface area contributed by atoms with Crippen molar-refractivity contribution in [3.8, 4) is 0 Å². The van der Waals surface area contributed by atoms with Gasteiger partial charge in [0.15, 0.2) is 0 Å². The smallest absolute Gasteiger partial charge is 0.250 e. The molecule has 1 unspecified atom stereocenters. The van der Waals surface area contributed by atoms with Crippen LogP contribution in [0.2, 0.25) is 0 Å². The summed E-state index contributed by atoms with van der Waals surface area (Å²) in [5.74, 6) is 0. The fraction of sp³-hybridized carbons (Fsp3) is 0.722. The molecule has 0 radical (unpaired) electrons. The topological polar surface area (TPSA) is 34.0 Å². The SMILES string of the molecule is CCCCCCCCn1c2c(ccc1=O)C(NC)CCC2. The fourth-order valence-electron chi connectivity index (χ4n) is 3.46. The molecule has 0 bridgehead atoms. The van der Waals surface area contributed by atoms with Gasteiger partial charge in [0.25, 0.3) is 5.56 Å². The Labute approximate surface area is 128 Å². The predicted octanol–water partition coefficient (Wildman–Crippen LogP) is 3.81. The van der Waals surface area contributed by atoms with Crippen molar-refractivity contribution in [2.45, 2.75) is 77.3 Å². The molecule has 1 aliphatic rings. The molecule has 1 atom stereocenters. The van der Waals surface area contributed by atoms with Crippen molar-refractivity contribution in [2.24, 2.45) is 0 Å². The monoisotopic (exact) mass is 290 g/mol. The van der Waals surface area contributed by atoms with Crippen LogP contribution in [0.4, 0.5) is 0 Å². The molecule has 1 aliphatic carbocycles. The van der Waals surface area contributed by atoms with E-state index in [1.54, 1.807) is 6.07 Å². The van der Waals surface area contributed by atoms with Crippen molar-refractivity contribution in [1.29, 1.82) is 0 Å². The summed E-state index contributed by atoms with van der Waals surface area (Å²) in [5.41, 5.74) is 2.80. The molecule has 1 aromatic rings. The molecule has 0 amide bonds. The van der Waals surface area contributed by atoms with Gasteiger partial charge in [0.1, 0.15) is 0 Å². The minimum absolute atomic E-state index is 0.180. The number of nitrogens with zero attached hydrogens (tertiary/aromatic N) is 1. The van der Waals surface area contributed by atoms with Crippen molar-refractivity contribution < 1.29 is 0 Å². The maximum absolute atomic E-state index is 12.2. The van der Waals surface area contributed by atoms with E-state index in [9.17, 15) is 4.79 Å². The lowest BCUT2D eigenvalue weighted by Gasteiger charge is -2.27. The number of rotatable bonds is 8. The van der Waals surface area contributed by atoms with Crippen molar-refractivity contribution in [2.75, 3.05) is 7.05 Å². The van der Waals surface area contributed by atoms with Gasteiger partial charge in [-0.15, -0.1) is 0 Å². The zero-order valence-electron chi connectivity index (χ0n) is 13.7. The summed E-state index contributed by atoms with van der Waals surface area (Å²) in [6, 6.07) is 4.21. The van der Waals surface area contributed by atoms with Crippen molar-refractivity contribution >= 4 is 0 Å². The van der Waals surface area contributed by atoms with E-state index < -0.39 is 0 Å². The van der Waals surface area contributed by atoms with E-state index in [1.807, 2.05) is 17.7 Å². The summed E-state index contributed by atoms with van der Waals surface area (Å²) in [6.45, 7) is 3.14. The van der Waals surface area contributed by atoms with E-state index in [-0.39, 0.29) is 5.56 Å². The van der Waals surface area contributed by atoms with Crippen LogP contribution in [0.3, 0.4) is 0 Å². The highest BCUT2D eigenvalue weighted by Gasteiger charge is 2.21. The van der Waals surface area contributed by atoms with Crippen LogP contribution in [0.25, 0.3) is 0 Å². The van der Waals surface area contributed by atoms with Crippen LogP contribution in [-0.4, -0.2) is 11.6 Å². The molecule has 118 valence electrons. The average molecular weight is 290 g/mol. The summed E-state index contributed by atoms with van der Waals surface area (Å²) in [4.78, 5) is 12.2. The first-order valence-electron chi connectivity index (χ1n) is 8.67. The number of unbranched alkanes of at least 4 members (excludes halogenated alkanes) is 5. The van der Waals surface area contributed by atoms with E-state index >= 15 is 0 Å². The van der Waals surface area contributed by atoms with E-state index in [4.69, 9.17) is 0 Å². The number of fused-ring (bicyclic) bond motifs is 1. The highest BCUT2D eigenvalue weighted by Crippen LogP contribution is 2.28. The molecular formula is C18H30N2O. The molecule has 3 heteroatoms. The third kappa shape index (κ3) is 4.19. The second kappa shape index (κ2) is 8.38. The minimum Gasteiger partial charge on any atom is -0.313 e. The van der Waals surface area contributed by atoms with Crippen LogP contribution in [0.5, 0.6) is 0 Å². The van der Waals surface area contributed by atoms with Crippen LogP contribution < -0.4 is 10.9 Å². The van der Waals surface area contributed by atoms with Gasteiger partial charge in [-0.1, -0.05) is 45.1 Å².